The molecule has 0 saturated carbocycles. The van der Waals surface area contributed by atoms with Crippen LogP contribution in [0.1, 0.15) is 17.0 Å². The van der Waals surface area contributed by atoms with Crippen molar-refractivity contribution in [3.8, 4) is 0 Å². The Morgan fingerprint density at radius 3 is 2.67 bits per heavy atom. The van der Waals surface area contributed by atoms with Gasteiger partial charge in [0.1, 0.15) is 0 Å². The smallest absolute Gasteiger partial charge is 0.191 e. The molecule has 150 valence electrons. The van der Waals surface area contributed by atoms with Gasteiger partial charge in [-0.2, -0.15) is 5.10 Å². The highest BCUT2D eigenvalue weighted by Gasteiger charge is 2.20. The summed E-state index contributed by atoms with van der Waals surface area (Å²) >= 11 is 1.67. The zero-order chi connectivity index (χ0) is 18.5. The third-order valence-electron chi connectivity index (χ3n) is 4.73. The highest BCUT2D eigenvalue weighted by molar-refractivity contribution is 14.0. The first kappa shape index (κ1) is 21.9. The second-order valence-electron chi connectivity index (χ2n) is 6.33. The molecule has 3 heterocycles. The Balaban J connectivity index is 0.00000261. The quantitative estimate of drug-likeness (QED) is 0.367. The minimum Gasteiger partial charge on any atom is -0.383 e. The van der Waals surface area contributed by atoms with Crippen LogP contribution in [0.5, 0.6) is 0 Å². The summed E-state index contributed by atoms with van der Waals surface area (Å²) in [6.45, 7) is 9.60. The number of aromatic nitrogens is 3. The summed E-state index contributed by atoms with van der Waals surface area (Å²) in [7, 11) is 1.70. The fraction of sp³-hybridized carbons (Fsp3) is 0.588. The molecule has 2 N–H and O–H groups in total. The van der Waals surface area contributed by atoms with Crippen molar-refractivity contribution >= 4 is 46.4 Å². The average molecular weight is 505 g/mol. The van der Waals surface area contributed by atoms with Crippen LogP contribution in [0.2, 0.25) is 0 Å². The summed E-state index contributed by atoms with van der Waals surface area (Å²) in [6, 6.07) is 0. The molecule has 10 heteroatoms. The predicted octanol–water partition coefficient (Wildman–Crippen LogP) is 1.86. The van der Waals surface area contributed by atoms with Crippen molar-refractivity contribution in [2.45, 2.75) is 26.9 Å². The predicted molar refractivity (Wildman–Crippen MR) is 120 cm³/mol. The van der Waals surface area contributed by atoms with Crippen molar-refractivity contribution in [2.75, 3.05) is 44.8 Å². The van der Waals surface area contributed by atoms with E-state index < -0.39 is 0 Å². The standard InChI is InChI=1S/C17H27N7OS.HI/c1-13-15(14(2)24(21-13)9-10-25-3)12-20-16(18)22-5-7-23(8-6-22)17-19-4-11-26-17;/h4,11H,5-10,12H2,1-3H3,(H2,18,20);1H. The van der Waals surface area contributed by atoms with E-state index in [0.29, 0.717) is 19.1 Å². The minimum absolute atomic E-state index is 0. The lowest BCUT2D eigenvalue weighted by Gasteiger charge is -2.35. The summed E-state index contributed by atoms with van der Waals surface area (Å²) in [5, 5.41) is 7.66. The maximum atomic E-state index is 6.24. The van der Waals surface area contributed by atoms with Gasteiger partial charge in [0.15, 0.2) is 11.1 Å². The number of guanidine groups is 1. The Kier molecular flexibility index (Phi) is 8.29. The lowest BCUT2D eigenvalue weighted by Crippen LogP contribution is -2.51. The first-order chi connectivity index (χ1) is 12.6. The summed E-state index contributed by atoms with van der Waals surface area (Å²) in [4.78, 5) is 13.4. The van der Waals surface area contributed by atoms with Gasteiger partial charge in [0.25, 0.3) is 0 Å². The van der Waals surface area contributed by atoms with E-state index in [1.54, 1.807) is 18.4 Å². The van der Waals surface area contributed by atoms with E-state index >= 15 is 0 Å². The van der Waals surface area contributed by atoms with Crippen LogP contribution < -0.4 is 10.6 Å². The van der Waals surface area contributed by atoms with Crippen molar-refractivity contribution in [3.05, 3.63) is 28.5 Å². The summed E-state index contributed by atoms with van der Waals surface area (Å²) in [5.74, 6) is 0.604. The molecule has 0 aliphatic carbocycles. The SMILES string of the molecule is COCCn1nc(C)c(CN=C(N)N2CCN(c3nccs3)CC2)c1C.I. The Bertz CT molecular complexity index is 739. The fourth-order valence-electron chi connectivity index (χ4n) is 3.12. The first-order valence-electron chi connectivity index (χ1n) is 8.81. The van der Waals surface area contributed by atoms with Crippen LogP contribution in [-0.4, -0.2) is 65.5 Å². The third kappa shape index (κ3) is 5.32. The molecule has 0 unspecified atom stereocenters. The van der Waals surface area contributed by atoms with Crippen LogP contribution in [0.25, 0.3) is 0 Å². The van der Waals surface area contributed by atoms with Gasteiger partial charge in [-0.3, -0.25) is 4.68 Å². The average Bonchev–Trinajstić information content (AvgIpc) is 3.27. The zero-order valence-electron chi connectivity index (χ0n) is 16.1. The molecule has 3 rings (SSSR count). The number of hydrogen-bond donors (Lipinski definition) is 1. The van der Waals surface area contributed by atoms with Crippen molar-refractivity contribution in [3.63, 3.8) is 0 Å². The van der Waals surface area contributed by atoms with Crippen molar-refractivity contribution in [1.29, 1.82) is 0 Å². The molecule has 0 bridgehead atoms. The molecule has 2 aromatic rings. The first-order valence-corrected chi connectivity index (χ1v) is 9.69. The molecule has 0 amide bonds. The lowest BCUT2D eigenvalue weighted by atomic mass is 10.2. The van der Waals surface area contributed by atoms with Gasteiger partial charge in [-0.15, -0.1) is 35.3 Å². The van der Waals surface area contributed by atoms with Crippen LogP contribution in [-0.2, 0) is 17.8 Å². The number of rotatable bonds is 6. The maximum absolute atomic E-state index is 6.24. The molecule has 0 atom stereocenters. The molecular formula is C17H28IN7OS. The Morgan fingerprint density at radius 1 is 1.30 bits per heavy atom. The summed E-state index contributed by atoms with van der Waals surface area (Å²) in [6.07, 6.45) is 1.85. The monoisotopic (exact) mass is 505 g/mol. The van der Waals surface area contributed by atoms with E-state index in [1.165, 1.54) is 0 Å². The molecule has 2 aromatic heterocycles. The number of nitrogens with two attached hydrogens (primary N) is 1. The molecule has 1 fully saturated rings. The number of aryl methyl sites for hydroxylation is 1. The number of thiazole rings is 1. The number of anilines is 1. The van der Waals surface area contributed by atoms with E-state index in [2.05, 4.69) is 31.8 Å². The molecule has 1 aliphatic heterocycles. The molecule has 8 nitrogen and oxygen atoms in total. The lowest BCUT2D eigenvalue weighted by molar-refractivity contribution is 0.182. The number of nitrogens with zero attached hydrogens (tertiary/aromatic N) is 6. The van der Waals surface area contributed by atoms with Crippen LogP contribution >= 0.6 is 35.3 Å². The Hall–Kier alpha value is -1.40. The Labute approximate surface area is 181 Å². The van der Waals surface area contributed by atoms with Gasteiger partial charge in [0, 0.05) is 56.1 Å². The number of aliphatic imine (C=N–C) groups is 1. The summed E-state index contributed by atoms with van der Waals surface area (Å²) < 4.78 is 7.12. The fourth-order valence-corrected chi connectivity index (χ4v) is 3.81. The van der Waals surface area contributed by atoms with Gasteiger partial charge in [0.05, 0.1) is 25.4 Å². The van der Waals surface area contributed by atoms with Gasteiger partial charge in [0.2, 0.25) is 0 Å². The van der Waals surface area contributed by atoms with E-state index in [-0.39, 0.29) is 24.0 Å². The highest BCUT2D eigenvalue weighted by atomic mass is 127. The number of ether oxygens (including phenoxy) is 1. The molecule has 0 spiro atoms. The molecular weight excluding hydrogens is 477 g/mol. The molecule has 27 heavy (non-hydrogen) atoms. The van der Waals surface area contributed by atoms with Gasteiger partial charge < -0.3 is 20.3 Å². The van der Waals surface area contributed by atoms with Gasteiger partial charge in [-0.05, 0) is 13.8 Å². The highest BCUT2D eigenvalue weighted by Crippen LogP contribution is 2.19. The zero-order valence-corrected chi connectivity index (χ0v) is 19.2. The Morgan fingerprint density at radius 2 is 2.04 bits per heavy atom. The van der Waals surface area contributed by atoms with Crippen molar-refractivity contribution in [2.24, 2.45) is 10.7 Å². The molecule has 1 saturated heterocycles. The number of piperazine rings is 1. The van der Waals surface area contributed by atoms with E-state index in [0.717, 1.165) is 54.8 Å². The van der Waals surface area contributed by atoms with Crippen molar-refractivity contribution in [1.82, 2.24) is 19.7 Å². The van der Waals surface area contributed by atoms with Crippen LogP contribution in [0.15, 0.2) is 16.6 Å². The van der Waals surface area contributed by atoms with E-state index in [4.69, 9.17) is 10.5 Å². The van der Waals surface area contributed by atoms with Crippen LogP contribution in [0.4, 0.5) is 5.13 Å². The van der Waals surface area contributed by atoms with E-state index in [1.807, 2.05) is 23.2 Å². The summed E-state index contributed by atoms with van der Waals surface area (Å²) in [5.41, 5.74) is 9.52. The molecule has 0 radical (unpaired) electrons. The normalized spacial score (nSPS) is 15.1. The number of hydrogen-bond acceptors (Lipinski definition) is 6. The third-order valence-corrected chi connectivity index (χ3v) is 5.56. The van der Waals surface area contributed by atoms with Gasteiger partial charge >= 0.3 is 0 Å². The van der Waals surface area contributed by atoms with Crippen LogP contribution in [0, 0.1) is 13.8 Å². The second kappa shape index (κ2) is 10.2. The second-order valence-corrected chi connectivity index (χ2v) is 7.20. The van der Waals surface area contributed by atoms with Gasteiger partial charge in [-0.25, -0.2) is 9.98 Å². The van der Waals surface area contributed by atoms with Crippen LogP contribution in [0.3, 0.4) is 0 Å². The molecule has 1 aliphatic rings. The largest absolute Gasteiger partial charge is 0.383 e. The van der Waals surface area contributed by atoms with Crippen molar-refractivity contribution < 1.29 is 4.74 Å². The maximum Gasteiger partial charge on any atom is 0.191 e. The topological polar surface area (TPSA) is 84.8 Å². The number of methoxy groups -OCH3 is 1. The van der Waals surface area contributed by atoms with E-state index in [9.17, 15) is 0 Å². The minimum atomic E-state index is 0. The van der Waals surface area contributed by atoms with Gasteiger partial charge in [-0.1, -0.05) is 0 Å². The molecule has 0 aromatic carbocycles. The number of halogens is 1.